The van der Waals surface area contributed by atoms with E-state index in [0.29, 0.717) is 15.8 Å². The number of hydrogen-bond acceptors (Lipinski definition) is 6. The number of aromatic nitrogens is 1. The highest BCUT2D eigenvalue weighted by atomic mass is 32.1. The van der Waals surface area contributed by atoms with Crippen molar-refractivity contribution in [1.29, 1.82) is 0 Å². The van der Waals surface area contributed by atoms with E-state index >= 15 is 0 Å². The van der Waals surface area contributed by atoms with Crippen molar-refractivity contribution in [3.8, 4) is 5.88 Å². The number of aliphatic imine (C=N–C) groups is 2. The average Bonchev–Trinajstić information content (AvgIpc) is 2.76. The van der Waals surface area contributed by atoms with Crippen LogP contribution < -0.4 is 16.3 Å². The largest absolute Gasteiger partial charge is 0.492 e. The Labute approximate surface area is 118 Å². The molecule has 0 unspecified atom stereocenters. The first kappa shape index (κ1) is 12.5. The molecule has 0 fully saturated rings. The van der Waals surface area contributed by atoms with Gasteiger partial charge in [0.1, 0.15) is 6.34 Å². The van der Waals surface area contributed by atoms with Gasteiger partial charge in [-0.15, -0.1) is 0 Å². The molecule has 0 amide bonds. The van der Waals surface area contributed by atoms with Crippen molar-refractivity contribution in [1.82, 2.24) is 4.98 Å². The molecule has 1 aromatic carbocycles. The van der Waals surface area contributed by atoms with E-state index in [1.165, 1.54) is 17.7 Å². The number of benzene rings is 1. The minimum atomic E-state index is -0.0580. The van der Waals surface area contributed by atoms with Crippen molar-refractivity contribution in [3.05, 3.63) is 39.2 Å². The molecule has 3 rings (SSSR count). The molecule has 0 aliphatic carbocycles. The molecule has 7 heteroatoms. The Kier molecular flexibility index (Phi) is 3.03. The lowest BCUT2D eigenvalue weighted by atomic mass is 10.1. The lowest BCUT2D eigenvalue weighted by Gasteiger charge is -2.04. The van der Waals surface area contributed by atoms with Crippen LogP contribution in [0.25, 0.3) is 6.08 Å². The number of rotatable bonds is 1. The summed E-state index contributed by atoms with van der Waals surface area (Å²) >= 11 is 1.23. The Morgan fingerprint density at radius 3 is 2.95 bits per heavy atom. The van der Waals surface area contributed by atoms with Gasteiger partial charge in [0.05, 0.1) is 10.2 Å². The minimum Gasteiger partial charge on any atom is -0.492 e. The van der Waals surface area contributed by atoms with Gasteiger partial charge >= 0.3 is 0 Å². The molecule has 6 nitrogen and oxygen atoms in total. The molecule has 1 aliphatic heterocycles. The summed E-state index contributed by atoms with van der Waals surface area (Å²) in [6, 6.07) is 5.72. The van der Waals surface area contributed by atoms with Gasteiger partial charge in [-0.25, -0.2) is 9.98 Å². The zero-order valence-corrected chi connectivity index (χ0v) is 11.4. The third-order valence-corrected chi connectivity index (χ3v) is 3.62. The van der Waals surface area contributed by atoms with Crippen molar-refractivity contribution in [2.24, 2.45) is 15.0 Å². The minimum absolute atomic E-state index is 0.0580. The SMILES string of the molecule is CN=C1N=CN=c2ccc(=Cc3sc(N)nc3O)cc21. The number of thiazole rings is 1. The molecule has 100 valence electrons. The third-order valence-electron chi connectivity index (χ3n) is 2.80. The van der Waals surface area contributed by atoms with Crippen molar-refractivity contribution in [3.63, 3.8) is 0 Å². The summed E-state index contributed by atoms with van der Waals surface area (Å²) in [6.45, 7) is 0. The Balaban J connectivity index is 2.17. The lowest BCUT2D eigenvalue weighted by molar-refractivity contribution is 0.457. The zero-order chi connectivity index (χ0) is 14.1. The fraction of sp³-hybridized carbons (Fsp3) is 0.0769. The topological polar surface area (TPSA) is 96.2 Å². The third kappa shape index (κ3) is 2.19. The maximum absolute atomic E-state index is 9.65. The predicted molar refractivity (Wildman–Crippen MR) is 79.9 cm³/mol. The number of nitrogen functional groups attached to an aromatic ring is 1. The van der Waals surface area contributed by atoms with Gasteiger partial charge in [-0.2, -0.15) is 4.98 Å². The highest BCUT2D eigenvalue weighted by molar-refractivity contribution is 7.16. The van der Waals surface area contributed by atoms with Gasteiger partial charge in [-0.3, -0.25) is 4.99 Å². The van der Waals surface area contributed by atoms with Gasteiger partial charge in [-0.1, -0.05) is 17.4 Å². The van der Waals surface area contributed by atoms with Crippen LogP contribution in [0.3, 0.4) is 0 Å². The van der Waals surface area contributed by atoms with Crippen LogP contribution >= 0.6 is 11.3 Å². The molecule has 0 saturated carbocycles. The average molecular weight is 285 g/mol. The molecule has 2 heterocycles. The number of nitrogens with zero attached hydrogens (tertiary/aromatic N) is 4. The summed E-state index contributed by atoms with van der Waals surface area (Å²) in [5.41, 5.74) is 6.42. The van der Waals surface area contributed by atoms with E-state index in [4.69, 9.17) is 5.73 Å². The zero-order valence-electron chi connectivity index (χ0n) is 10.6. The smallest absolute Gasteiger partial charge is 0.231 e. The predicted octanol–water partition coefficient (Wildman–Crippen LogP) is 0.298. The second-order valence-corrected chi connectivity index (χ2v) is 5.14. The van der Waals surface area contributed by atoms with Gasteiger partial charge in [0, 0.05) is 12.6 Å². The quantitative estimate of drug-likeness (QED) is 0.788. The van der Waals surface area contributed by atoms with Crippen LogP contribution in [0.5, 0.6) is 5.88 Å². The standard InChI is InChI=1S/C13H11N5OS/c1-15-11-8-4-7(2-3-9(8)16-6-17-11)5-10-12(19)18-13(14)20-10/h2-6,19H,1H3,(H2,14,18). The second kappa shape index (κ2) is 4.86. The molecule has 3 N–H and O–H groups in total. The normalized spacial score (nSPS) is 16.2. The van der Waals surface area contributed by atoms with Crippen molar-refractivity contribution in [2.45, 2.75) is 0 Å². The van der Waals surface area contributed by atoms with Crippen LogP contribution in [0.1, 0.15) is 10.4 Å². The van der Waals surface area contributed by atoms with E-state index < -0.39 is 0 Å². The maximum Gasteiger partial charge on any atom is 0.231 e. The summed E-state index contributed by atoms with van der Waals surface area (Å²) in [7, 11) is 1.69. The number of fused-ring (bicyclic) bond motifs is 1. The van der Waals surface area contributed by atoms with Crippen LogP contribution in [0.15, 0.2) is 33.2 Å². The fourth-order valence-electron chi connectivity index (χ4n) is 1.91. The summed E-state index contributed by atoms with van der Waals surface area (Å²) in [4.78, 5) is 16.8. The molecule has 0 spiro atoms. The van der Waals surface area contributed by atoms with E-state index in [1.807, 2.05) is 24.3 Å². The van der Waals surface area contributed by atoms with Gasteiger partial charge < -0.3 is 10.8 Å². The van der Waals surface area contributed by atoms with Gasteiger partial charge in [0.2, 0.25) is 5.88 Å². The first-order chi connectivity index (χ1) is 9.67. The molecule has 0 atom stereocenters. The summed E-state index contributed by atoms with van der Waals surface area (Å²) < 4.78 is 0. The molecule has 2 aromatic rings. The maximum atomic E-state index is 9.65. The number of hydrogen-bond donors (Lipinski definition) is 2. The molecule has 0 radical (unpaired) electrons. The van der Waals surface area contributed by atoms with Crippen LogP contribution in [-0.2, 0) is 0 Å². The Hall–Kier alpha value is -2.54. The van der Waals surface area contributed by atoms with Gasteiger partial charge in [-0.05, 0) is 23.4 Å². The van der Waals surface area contributed by atoms with Crippen molar-refractivity contribution in [2.75, 3.05) is 12.8 Å². The van der Waals surface area contributed by atoms with Gasteiger partial charge in [0.15, 0.2) is 11.0 Å². The van der Waals surface area contributed by atoms with Crippen LogP contribution in [0.2, 0.25) is 0 Å². The molecule has 0 saturated heterocycles. The van der Waals surface area contributed by atoms with E-state index in [9.17, 15) is 5.11 Å². The first-order valence-corrected chi connectivity index (χ1v) is 6.63. The van der Waals surface area contributed by atoms with Crippen LogP contribution in [-0.4, -0.2) is 29.3 Å². The first-order valence-electron chi connectivity index (χ1n) is 5.82. The summed E-state index contributed by atoms with van der Waals surface area (Å²) in [6.07, 6.45) is 3.30. The monoisotopic (exact) mass is 285 g/mol. The second-order valence-electron chi connectivity index (χ2n) is 4.08. The number of anilines is 1. The number of amidine groups is 1. The highest BCUT2D eigenvalue weighted by Crippen LogP contribution is 2.25. The van der Waals surface area contributed by atoms with E-state index in [-0.39, 0.29) is 5.88 Å². The lowest BCUT2D eigenvalue weighted by Crippen LogP contribution is -2.22. The Bertz CT molecular complexity index is 850. The highest BCUT2D eigenvalue weighted by Gasteiger charge is 2.08. The van der Waals surface area contributed by atoms with E-state index in [1.54, 1.807) is 7.05 Å². The van der Waals surface area contributed by atoms with Gasteiger partial charge in [0.25, 0.3) is 0 Å². The van der Waals surface area contributed by atoms with E-state index in [2.05, 4.69) is 20.0 Å². The number of aromatic hydroxyl groups is 1. The molecule has 0 bridgehead atoms. The van der Waals surface area contributed by atoms with Crippen molar-refractivity contribution >= 4 is 34.7 Å². The molecule has 1 aliphatic rings. The molecule has 1 aromatic heterocycles. The number of nitrogens with two attached hydrogens (primary N) is 1. The Morgan fingerprint density at radius 2 is 2.25 bits per heavy atom. The van der Waals surface area contributed by atoms with Crippen LogP contribution in [0, 0.1) is 0 Å². The van der Waals surface area contributed by atoms with Crippen molar-refractivity contribution < 1.29 is 5.11 Å². The van der Waals surface area contributed by atoms with E-state index in [0.717, 1.165) is 16.1 Å². The molecule has 20 heavy (non-hydrogen) atoms. The summed E-state index contributed by atoms with van der Waals surface area (Å²) in [5, 5.41) is 11.7. The molecular weight excluding hydrogens is 274 g/mol. The molecular formula is C13H11N5OS. The summed E-state index contributed by atoms with van der Waals surface area (Å²) in [5.74, 6) is 0.579. The van der Waals surface area contributed by atoms with Crippen LogP contribution in [0.4, 0.5) is 5.13 Å². The fourth-order valence-corrected chi connectivity index (χ4v) is 2.60. The Morgan fingerprint density at radius 1 is 1.40 bits per heavy atom.